The SMILES string of the molecule is Cc1cc(/C=N\NC(=O)CNc2ccc(Br)cc2)c(C)n1-c1ccc(C(=O)OC(C)C)cc1. The van der Waals surface area contributed by atoms with Crippen LogP contribution in [0.25, 0.3) is 5.69 Å². The summed E-state index contributed by atoms with van der Waals surface area (Å²) in [5.74, 6) is -0.581. The lowest BCUT2D eigenvalue weighted by molar-refractivity contribution is -0.119. The second-order valence-corrected chi connectivity index (χ2v) is 8.73. The zero-order chi connectivity index (χ0) is 24.0. The van der Waals surface area contributed by atoms with Gasteiger partial charge in [-0.3, -0.25) is 4.79 Å². The van der Waals surface area contributed by atoms with Crippen LogP contribution in [0, 0.1) is 13.8 Å². The fourth-order valence-corrected chi connectivity index (χ4v) is 3.57. The van der Waals surface area contributed by atoms with E-state index in [2.05, 4.69) is 36.3 Å². The smallest absolute Gasteiger partial charge is 0.338 e. The first kappa shape index (κ1) is 24.3. The molecule has 0 aliphatic heterocycles. The van der Waals surface area contributed by atoms with Crippen LogP contribution in [-0.2, 0) is 9.53 Å². The highest BCUT2D eigenvalue weighted by Gasteiger charge is 2.12. The first-order valence-electron chi connectivity index (χ1n) is 10.6. The van der Waals surface area contributed by atoms with Crippen molar-refractivity contribution in [3.63, 3.8) is 0 Å². The van der Waals surface area contributed by atoms with Gasteiger partial charge in [-0.1, -0.05) is 15.9 Å². The van der Waals surface area contributed by atoms with E-state index in [0.717, 1.165) is 32.8 Å². The van der Waals surface area contributed by atoms with Crippen LogP contribution in [0.5, 0.6) is 0 Å². The molecular formula is C25H27BrN4O3. The Kier molecular flexibility index (Phi) is 8.06. The Morgan fingerprint density at radius 1 is 1.09 bits per heavy atom. The van der Waals surface area contributed by atoms with Gasteiger partial charge in [0, 0.05) is 32.8 Å². The Labute approximate surface area is 202 Å². The molecule has 1 aromatic heterocycles. The van der Waals surface area contributed by atoms with Crippen LogP contribution in [0.4, 0.5) is 5.69 Å². The van der Waals surface area contributed by atoms with Crippen molar-refractivity contribution in [2.75, 3.05) is 11.9 Å². The number of carbonyl (C=O) groups excluding carboxylic acids is 2. The number of anilines is 1. The number of aromatic nitrogens is 1. The third-order valence-corrected chi connectivity index (χ3v) is 5.39. The van der Waals surface area contributed by atoms with Gasteiger partial charge in [0.25, 0.3) is 5.91 Å². The van der Waals surface area contributed by atoms with Crippen LogP contribution in [0.2, 0.25) is 0 Å². The number of hydrogen-bond donors (Lipinski definition) is 2. The maximum absolute atomic E-state index is 12.1. The van der Waals surface area contributed by atoms with E-state index < -0.39 is 0 Å². The minimum absolute atomic E-state index is 0.115. The minimum atomic E-state index is -0.337. The van der Waals surface area contributed by atoms with Crippen molar-refractivity contribution in [2.24, 2.45) is 5.10 Å². The largest absolute Gasteiger partial charge is 0.459 e. The van der Waals surface area contributed by atoms with Crippen LogP contribution in [0.15, 0.2) is 64.2 Å². The molecule has 2 aromatic carbocycles. The lowest BCUT2D eigenvalue weighted by atomic mass is 10.2. The number of hydrogen-bond acceptors (Lipinski definition) is 5. The molecule has 3 aromatic rings. The second kappa shape index (κ2) is 11.0. The predicted molar refractivity (Wildman–Crippen MR) is 134 cm³/mol. The summed E-state index contributed by atoms with van der Waals surface area (Å²) in [5.41, 5.74) is 7.69. The van der Waals surface area contributed by atoms with Crippen molar-refractivity contribution in [3.05, 3.63) is 81.6 Å². The number of esters is 1. The van der Waals surface area contributed by atoms with Gasteiger partial charge in [-0.15, -0.1) is 0 Å². The Hall–Kier alpha value is -3.39. The number of nitrogens with one attached hydrogen (secondary N) is 2. The standard InChI is InChI=1S/C25H27BrN4O3/c1-16(2)33-25(32)19-5-11-23(12-6-19)30-17(3)13-20(18(30)4)14-28-29-24(31)15-27-22-9-7-21(26)8-10-22/h5-14,16,27H,15H2,1-4H3,(H,29,31)/b28-14-. The molecule has 33 heavy (non-hydrogen) atoms. The first-order valence-corrected chi connectivity index (χ1v) is 11.4. The van der Waals surface area contributed by atoms with Crippen LogP contribution in [0.3, 0.4) is 0 Å². The second-order valence-electron chi connectivity index (χ2n) is 7.82. The number of benzene rings is 2. The van der Waals surface area contributed by atoms with Gasteiger partial charge in [0.05, 0.1) is 24.4 Å². The number of hydrazone groups is 1. The maximum Gasteiger partial charge on any atom is 0.338 e. The lowest BCUT2D eigenvalue weighted by Crippen LogP contribution is -2.25. The Morgan fingerprint density at radius 3 is 2.39 bits per heavy atom. The molecule has 0 spiro atoms. The van der Waals surface area contributed by atoms with Gasteiger partial charge in [0.15, 0.2) is 0 Å². The normalized spacial score (nSPS) is 11.1. The summed E-state index contributed by atoms with van der Waals surface area (Å²) < 4.78 is 8.28. The van der Waals surface area contributed by atoms with Crippen molar-refractivity contribution in [3.8, 4) is 5.69 Å². The molecular weight excluding hydrogens is 484 g/mol. The maximum atomic E-state index is 12.1. The van der Waals surface area contributed by atoms with Gasteiger partial charge >= 0.3 is 5.97 Å². The highest BCUT2D eigenvalue weighted by Crippen LogP contribution is 2.20. The highest BCUT2D eigenvalue weighted by atomic mass is 79.9. The fourth-order valence-electron chi connectivity index (χ4n) is 3.31. The van der Waals surface area contributed by atoms with E-state index in [1.807, 2.05) is 70.2 Å². The molecule has 1 amide bonds. The molecule has 1 heterocycles. The lowest BCUT2D eigenvalue weighted by Gasteiger charge is -2.11. The molecule has 0 fully saturated rings. The van der Waals surface area contributed by atoms with Gasteiger partial charge in [0.2, 0.25) is 0 Å². The zero-order valence-corrected chi connectivity index (χ0v) is 20.6. The van der Waals surface area contributed by atoms with Gasteiger partial charge in [-0.25, -0.2) is 10.2 Å². The Balaban J connectivity index is 1.62. The summed E-state index contributed by atoms with van der Waals surface area (Å²) >= 11 is 3.38. The number of rotatable bonds is 8. The molecule has 3 rings (SSSR count). The molecule has 0 saturated heterocycles. The molecule has 0 atom stereocenters. The van der Waals surface area contributed by atoms with Crippen molar-refractivity contribution in [1.29, 1.82) is 0 Å². The summed E-state index contributed by atoms with van der Waals surface area (Å²) in [6.45, 7) is 7.73. The summed E-state index contributed by atoms with van der Waals surface area (Å²) in [6, 6.07) is 16.8. The van der Waals surface area contributed by atoms with E-state index in [-0.39, 0.29) is 24.5 Å². The summed E-state index contributed by atoms with van der Waals surface area (Å²) in [4.78, 5) is 24.1. The molecule has 172 valence electrons. The first-order chi connectivity index (χ1) is 15.7. The summed E-state index contributed by atoms with van der Waals surface area (Å²) in [6.07, 6.45) is 1.47. The summed E-state index contributed by atoms with van der Waals surface area (Å²) in [5, 5.41) is 7.14. The minimum Gasteiger partial charge on any atom is -0.459 e. The molecule has 0 saturated carbocycles. The third-order valence-electron chi connectivity index (χ3n) is 4.86. The number of halogens is 1. The summed E-state index contributed by atoms with van der Waals surface area (Å²) in [7, 11) is 0. The quantitative estimate of drug-likeness (QED) is 0.254. The zero-order valence-electron chi connectivity index (χ0n) is 19.1. The number of nitrogens with zero attached hydrogens (tertiary/aromatic N) is 2. The van der Waals surface area contributed by atoms with Crippen LogP contribution < -0.4 is 10.7 Å². The average molecular weight is 511 g/mol. The molecule has 8 heteroatoms. The molecule has 0 bridgehead atoms. The highest BCUT2D eigenvalue weighted by molar-refractivity contribution is 9.10. The van der Waals surface area contributed by atoms with Crippen LogP contribution >= 0.6 is 15.9 Å². The Bertz CT molecular complexity index is 1150. The van der Waals surface area contributed by atoms with E-state index >= 15 is 0 Å². The number of carbonyl (C=O) groups is 2. The van der Waals surface area contributed by atoms with Gasteiger partial charge in [-0.2, -0.15) is 5.10 Å². The molecule has 0 aliphatic rings. The van der Waals surface area contributed by atoms with E-state index in [1.54, 1.807) is 18.3 Å². The third kappa shape index (κ3) is 6.55. The van der Waals surface area contributed by atoms with E-state index in [9.17, 15) is 9.59 Å². The van der Waals surface area contributed by atoms with Gasteiger partial charge in [0.1, 0.15) is 0 Å². The number of ether oxygens (including phenoxy) is 1. The van der Waals surface area contributed by atoms with Crippen LogP contribution in [0.1, 0.15) is 41.2 Å². The van der Waals surface area contributed by atoms with E-state index in [4.69, 9.17) is 4.74 Å². The van der Waals surface area contributed by atoms with Gasteiger partial charge < -0.3 is 14.6 Å². The monoisotopic (exact) mass is 510 g/mol. The molecule has 2 N–H and O–H groups in total. The molecule has 0 aliphatic carbocycles. The van der Waals surface area contributed by atoms with Crippen molar-refractivity contribution < 1.29 is 14.3 Å². The van der Waals surface area contributed by atoms with Gasteiger partial charge in [-0.05, 0) is 82.3 Å². The van der Waals surface area contributed by atoms with Crippen molar-refractivity contribution in [1.82, 2.24) is 9.99 Å². The molecule has 0 radical (unpaired) electrons. The number of amides is 1. The van der Waals surface area contributed by atoms with E-state index in [0.29, 0.717) is 5.56 Å². The molecule has 0 unspecified atom stereocenters. The average Bonchev–Trinajstić information content (AvgIpc) is 3.06. The van der Waals surface area contributed by atoms with Crippen molar-refractivity contribution >= 4 is 39.7 Å². The topological polar surface area (TPSA) is 84.7 Å². The fraction of sp³-hybridized carbons (Fsp3) is 0.240. The predicted octanol–water partition coefficient (Wildman–Crippen LogP) is 4.98. The Morgan fingerprint density at radius 2 is 1.76 bits per heavy atom. The number of aryl methyl sites for hydroxylation is 1. The molecule has 7 nitrogen and oxygen atoms in total. The van der Waals surface area contributed by atoms with Crippen molar-refractivity contribution in [2.45, 2.75) is 33.8 Å². The van der Waals surface area contributed by atoms with Crippen LogP contribution in [-0.4, -0.2) is 35.3 Å². The van der Waals surface area contributed by atoms with E-state index in [1.165, 1.54) is 0 Å².